The summed E-state index contributed by atoms with van der Waals surface area (Å²) < 4.78 is 78.0. The van der Waals surface area contributed by atoms with Crippen LogP contribution in [0.2, 0.25) is 0 Å². The largest absolute Gasteiger partial charge is 0.478 e. The third-order valence-corrected chi connectivity index (χ3v) is 1.67. The molecule has 10 heteroatoms. The monoisotopic (exact) mass is 275 g/mol. The van der Waals surface area contributed by atoms with Gasteiger partial charge in [-0.15, -0.1) is 0 Å². The summed E-state index contributed by atoms with van der Waals surface area (Å²) in [6.45, 7) is -2.06. The van der Waals surface area contributed by atoms with Gasteiger partial charge in [0.2, 0.25) is 11.6 Å². The minimum atomic E-state index is -4.89. The first-order chi connectivity index (χ1) is 8.13. The van der Waals surface area contributed by atoms with Crippen molar-refractivity contribution < 1.29 is 36.0 Å². The van der Waals surface area contributed by atoms with E-state index in [0.29, 0.717) is 0 Å². The van der Waals surface area contributed by atoms with Gasteiger partial charge >= 0.3 is 11.9 Å². The molecule has 1 aromatic rings. The Bertz CT molecular complexity index is 487. The Hall–Kier alpha value is -2.00. The van der Waals surface area contributed by atoms with Gasteiger partial charge in [0.05, 0.1) is 11.0 Å². The molecule has 0 fully saturated rings. The fourth-order valence-electron chi connectivity index (χ4n) is 0.985. The number of hydrogen-bond donors (Lipinski definition) is 0. The average Bonchev–Trinajstić information content (AvgIpc) is 2.21. The second-order valence-corrected chi connectivity index (χ2v) is 3.00. The summed E-state index contributed by atoms with van der Waals surface area (Å²) in [4.78, 5) is 8.74. The number of halogens is 6. The van der Waals surface area contributed by atoms with E-state index >= 15 is 0 Å². The van der Waals surface area contributed by atoms with Crippen molar-refractivity contribution in [1.82, 2.24) is 0 Å². The Labute approximate surface area is 94.9 Å². The van der Waals surface area contributed by atoms with E-state index in [0.717, 1.165) is 0 Å². The molecule has 0 aromatic heterocycles. The third kappa shape index (κ3) is 3.02. The highest BCUT2D eigenvalue weighted by atomic mass is 19.4. The molecule has 0 unspecified atom stereocenters. The maximum atomic E-state index is 13.0. The summed E-state index contributed by atoms with van der Waals surface area (Å²) in [5.41, 5.74) is -1.54. The smallest absolute Gasteiger partial charge is 0.422 e. The van der Waals surface area contributed by atoms with E-state index in [1.165, 1.54) is 0 Å². The summed E-state index contributed by atoms with van der Waals surface area (Å²) in [6, 6.07) is -0.0654. The summed E-state index contributed by atoms with van der Waals surface area (Å²) in [5, 5.41) is 10.2. The van der Waals surface area contributed by atoms with Gasteiger partial charge in [-0.25, -0.2) is 4.39 Å². The molecular formula is C8H3F6NO3. The van der Waals surface area contributed by atoms with E-state index in [1.54, 1.807) is 0 Å². The van der Waals surface area contributed by atoms with Gasteiger partial charge in [-0.3, -0.25) is 10.1 Å². The lowest BCUT2D eigenvalue weighted by Gasteiger charge is -2.10. The highest BCUT2D eigenvalue weighted by molar-refractivity contribution is 5.40. The minimum Gasteiger partial charge on any atom is -0.478 e. The molecule has 0 radical (unpaired) electrons. The van der Waals surface area contributed by atoms with Crippen molar-refractivity contribution >= 4 is 5.69 Å². The van der Waals surface area contributed by atoms with Crippen LogP contribution in [0, 0.1) is 27.6 Å². The molecule has 0 spiro atoms. The maximum absolute atomic E-state index is 13.0. The van der Waals surface area contributed by atoms with Crippen molar-refractivity contribution in [3.05, 3.63) is 33.6 Å². The fourth-order valence-corrected chi connectivity index (χ4v) is 0.985. The molecule has 0 aliphatic carbocycles. The van der Waals surface area contributed by atoms with Gasteiger partial charge in [0.25, 0.3) is 0 Å². The van der Waals surface area contributed by atoms with Crippen molar-refractivity contribution in [2.75, 3.05) is 6.61 Å². The zero-order valence-electron chi connectivity index (χ0n) is 8.22. The molecule has 0 aliphatic heterocycles. The number of hydrogen-bond acceptors (Lipinski definition) is 3. The number of nitrogens with zero attached hydrogens (tertiary/aromatic N) is 1. The third-order valence-electron chi connectivity index (χ3n) is 1.67. The lowest BCUT2D eigenvalue weighted by Crippen LogP contribution is -2.20. The van der Waals surface area contributed by atoms with Gasteiger partial charge in [0.1, 0.15) is 0 Å². The van der Waals surface area contributed by atoms with Crippen LogP contribution in [-0.2, 0) is 0 Å². The summed E-state index contributed by atoms with van der Waals surface area (Å²) in [6.07, 6.45) is -4.89. The zero-order valence-corrected chi connectivity index (χ0v) is 8.22. The second kappa shape index (κ2) is 4.70. The van der Waals surface area contributed by atoms with Crippen molar-refractivity contribution in [3.63, 3.8) is 0 Å². The summed E-state index contributed by atoms with van der Waals surface area (Å²) >= 11 is 0. The van der Waals surface area contributed by atoms with Crippen LogP contribution in [0.25, 0.3) is 0 Å². The molecule has 1 rings (SSSR count). The van der Waals surface area contributed by atoms with Gasteiger partial charge in [-0.2, -0.15) is 22.0 Å². The Morgan fingerprint density at radius 2 is 1.78 bits per heavy atom. The van der Waals surface area contributed by atoms with Crippen LogP contribution in [0.15, 0.2) is 6.07 Å². The molecule has 1 aromatic carbocycles. The normalized spacial score (nSPS) is 11.4. The predicted molar refractivity (Wildman–Crippen MR) is 44.5 cm³/mol. The van der Waals surface area contributed by atoms with Gasteiger partial charge in [-0.05, 0) is 0 Å². The lowest BCUT2D eigenvalue weighted by molar-refractivity contribution is -0.388. The van der Waals surface area contributed by atoms with E-state index in [-0.39, 0.29) is 6.07 Å². The van der Waals surface area contributed by atoms with Crippen LogP contribution in [0.4, 0.5) is 32.0 Å². The second-order valence-electron chi connectivity index (χ2n) is 3.00. The summed E-state index contributed by atoms with van der Waals surface area (Å²) in [7, 11) is 0. The molecule has 18 heavy (non-hydrogen) atoms. The van der Waals surface area contributed by atoms with E-state index in [9.17, 15) is 36.5 Å². The van der Waals surface area contributed by atoms with Crippen molar-refractivity contribution in [2.24, 2.45) is 0 Å². The minimum absolute atomic E-state index is 0.0654. The van der Waals surface area contributed by atoms with Gasteiger partial charge in [-0.1, -0.05) is 0 Å². The molecule has 0 aliphatic rings. The fraction of sp³-hybridized carbons (Fsp3) is 0.250. The van der Waals surface area contributed by atoms with Gasteiger partial charge < -0.3 is 4.74 Å². The molecule has 0 N–H and O–H groups in total. The predicted octanol–water partition coefficient (Wildman–Crippen LogP) is 2.95. The Balaban J connectivity index is 3.15. The van der Waals surface area contributed by atoms with Crippen LogP contribution in [0.5, 0.6) is 5.75 Å². The number of ether oxygens (including phenoxy) is 1. The molecular weight excluding hydrogens is 272 g/mol. The zero-order chi connectivity index (χ0) is 14.1. The molecule has 0 saturated carbocycles. The van der Waals surface area contributed by atoms with Crippen LogP contribution in [-0.4, -0.2) is 17.7 Å². The number of rotatable bonds is 3. The molecule has 0 bridgehead atoms. The highest BCUT2D eigenvalue weighted by Crippen LogP contribution is 2.31. The van der Waals surface area contributed by atoms with E-state index in [2.05, 4.69) is 4.74 Å². The van der Waals surface area contributed by atoms with Crippen molar-refractivity contribution in [1.29, 1.82) is 0 Å². The first-order valence-corrected chi connectivity index (χ1v) is 4.15. The first-order valence-electron chi connectivity index (χ1n) is 4.15. The van der Waals surface area contributed by atoms with Gasteiger partial charge in [0, 0.05) is 0 Å². The number of nitro groups is 1. The Kier molecular flexibility index (Phi) is 3.67. The van der Waals surface area contributed by atoms with E-state index in [1.807, 2.05) is 0 Å². The molecule has 4 nitrogen and oxygen atoms in total. The lowest BCUT2D eigenvalue weighted by atomic mass is 10.2. The van der Waals surface area contributed by atoms with E-state index < -0.39 is 46.6 Å². The van der Waals surface area contributed by atoms with Crippen molar-refractivity contribution in [3.8, 4) is 5.75 Å². The average molecular weight is 275 g/mol. The van der Waals surface area contributed by atoms with Gasteiger partial charge in [0.15, 0.2) is 18.2 Å². The van der Waals surface area contributed by atoms with Crippen LogP contribution in [0.1, 0.15) is 0 Å². The Morgan fingerprint density at radius 3 is 2.22 bits per heavy atom. The topological polar surface area (TPSA) is 52.4 Å². The van der Waals surface area contributed by atoms with E-state index in [4.69, 9.17) is 0 Å². The summed E-state index contributed by atoms with van der Waals surface area (Å²) in [5.74, 6) is -7.75. The van der Waals surface area contributed by atoms with Crippen LogP contribution >= 0.6 is 0 Å². The molecule has 0 amide bonds. The molecule has 100 valence electrons. The number of alkyl halides is 3. The van der Waals surface area contributed by atoms with Crippen LogP contribution < -0.4 is 4.74 Å². The standard InChI is InChI=1S/C8H3F6NO3/c9-3-1-4(15(16)17)5(10)6(11)7(3)18-2-8(12,13)14/h1H,2H2. The maximum Gasteiger partial charge on any atom is 0.422 e. The number of benzene rings is 1. The Morgan fingerprint density at radius 1 is 1.22 bits per heavy atom. The molecule has 0 atom stereocenters. The van der Waals surface area contributed by atoms with Crippen LogP contribution in [0.3, 0.4) is 0 Å². The quantitative estimate of drug-likeness (QED) is 0.369. The number of nitro benzene ring substituents is 1. The first kappa shape index (κ1) is 14.1. The SMILES string of the molecule is O=[N+]([O-])c1cc(F)c(OCC(F)(F)F)c(F)c1F. The molecule has 0 saturated heterocycles. The van der Waals surface area contributed by atoms with Crippen molar-refractivity contribution in [2.45, 2.75) is 6.18 Å². The highest BCUT2D eigenvalue weighted by Gasteiger charge is 2.32. The molecule has 0 heterocycles.